The van der Waals surface area contributed by atoms with E-state index in [0.29, 0.717) is 5.69 Å². The van der Waals surface area contributed by atoms with Gasteiger partial charge in [0.05, 0.1) is 16.3 Å². The number of fused-ring (bicyclic) bond motifs is 1. The van der Waals surface area contributed by atoms with Crippen molar-refractivity contribution in [3.63, 3.8) is 0 Å². The highest BCUT2D eigenvalue weighted by Gasteiger charge is 2.18. The summed E-state index contributed by atoms with van der Waals surface area (Å²) in [5.41, 5.74) is 2.67. The average molecular weight is 288 g/mol. The summed E-state index contributed by atoms with van der Waals surface area (Å²) in [5, 5.41) is 3.28. The Morgan fingerprint density at radius 1 is 1.00 bits per heavy atom. The van der Waals surface area contributed by atoms with Crippen LogP contribution in [0.3, 0.4) is 0 Å². The van der Waals surface area contributed by atoms with Crippen LogP contribution < -0.4 is 10.0 Å². The van der Waals surface area contributed by atoms with Gasteiger partial charge in [0.15, 0.2) is 0 Å². The summed E-state index contributed by atoms with van der Waals surface area (Å²) in [6.07, 6.45) is 2.05. The molecule has 0 aliphatic carbocycles. The van der Waals surface area contributed by atoms with Crippen molar-refractivity contribution in [1.29, 1.82) is 0 Å². The van der Waals surface area contributed by atoms with E-state index in [9.17, 15) is 8.42 Å². The zero-order valence-corrected chi connectivity index (χ0v) is 11.8. The second kappa shape index (κ2) is 5.17. The quantitative estimate of drug-likeness (QED) is 0.913. The molecule has 0 unspecified atom stereocenters. The Morgan fingerprint density at radius 3 is 2.60 bits per heavy atom. The van der Waals surface area contributed by atoms with Crippen molar-refractivity contribution in [2.45, 2.75) is 17.7 Å². The van der Waals surface area contributed by atoms with E-state index in [1.54, 1.807) is 36.4 Å². The summed E-state index contributed by atoms with van der Waals surface area (Å²) in [6, 6.07) is 14.1. The van der Waals surface area contributed by atoms with Gasteiger partial charge in [-0.25, -0.2) is 8.42 Å². The van der Waals surface area contributed by atoms with Crippen molar-refractivity contribution < 1.29 is 8.42 Å². The fraction of sp³-hybridized carbons (Fsp3) is 0.200. The van der Waals surface area contributed by atoms with E-state index in [1.165, 1.54) is 0 Å². The van der Waals surface area contributed by atoms with Gasteiger partial charge >= 0.3 is 0 Å². The fourth-order valence-electron chi connectivity index (χ4n) is 2.40. The molecule has 0 fully saturated rings. The standard InChI is InChI=1S/C15H16N2O2S/c18-20(19,13-8-2-1-3-9-13)17-14-10-4-6-12-7-5-11-16-15(12)14/h1-4,6,8-10,16-17H,5,7,11H2. The van der Waals surface area contributed by atoms with Gasteiger partial charge in [0.2, 0.25) is 0 Å². The minimum atomic E-state index is -3.54. The lowest BCUT2D eigenvalue weighted by molar-refractivity contribution is 0.601. The highest BCUT2D eigenvalue weighted by Crippen LogP contribution is 2.31. The van der Waals surface area contributed by atoms with Gasteiger partial charge < -0.3 is 5.32 Å². The summed E-state index contributed by atoms with van der Waals surface area (Å²) in [5.74, 6) is 0. The number of nitrogens with one attached hydrogen (secondary N) is 2. The maximum Gasteiger partial charge on any atom is 0.261 e. The van der Waals surface area contributed by atoms with E-state index in [2.05, 4.69) is 10.0 Å². The summed E-state index contributed by atoms with van der Waals surface area (Å²) < 4.78 is 27.4. The maximum absolute atomic E-state index is 12.3. The molecule has 0 amide bonds. The van der Waals surface area contributed by atoms with Gasteiger partial charge in [-0.15, -0.1) is 0 Å². The number of para-hydroxylation sites is 1. The molecular formula is C15H16N2O2S. The summed E-state index contributed by atoms with van der Waals surface area (Å²) in [4.78, 5) is 0.272. The van der Waals surface area contributed by atoms with Gasteiger partial charge in [0.25, 0.3) is 10.0 Å². The molecule has 0 saturated carbocycles. The van der Waals surface area contributed by atoms with Crippen LogP contribution in [0.5, 0.6) is 0 Å². The van der Waals surface area contributed by atoms with Gasteiger partial charge in [0.1, 0.15) is 0 Å². The van der Waals surface area contributed by atoms with Crippen LogP contribution in [0.4, 0.5) is 11.4 Å². The first-order chi connectivity index (χ1) is 9.67. The molecule has 4 nitrogen and oxygen atoms in total. The van der Waals surface area contributed by atoms with Crippen LogP contribution in [0, 0.1) is 0 Å². The van der Waals surface area contributed by atoms with Crippen LogP contribution in [0.1, 0.15) is 12.0 Å². The Bertz CT molecular complexity index is 712. The number of anilines is 2. The zero-order valence-electron chi connectivity index (χ0n) is 11.0. The third-order valence-electron chi connectivity index (χ3n) is 3.37. The van der Waals surface area contributed by atoms with Crippen LogP contribution in [0.15, 0.2) is 53.4 Å². The highest BCUT2D eigenvalue weighted by molar-refractivity contribution is 7.92. The van der Waals surface area contributed by atoms with Crippen molar-refractivity contribution in [1.82, 2.24) is 0 Å². The van der Waals surface area contributed by atoms with E-state index >= 15 is 0 Å². The van der Waals surface area contributed by atoms with Crippen LogP contribution in [0.25, 0.3) is 0 Å². The fourth-order valence-corrected chi connectivity index (χ4v) is 3.49. The molecule has 20 heavy (non-hydrogen) atoms. The molecule has 5 heteroatoms. The molecule has 0 spiro atoms. The lowest BCUT2D eigenvalue weighted by atomic mass is 10.0. The Balaban J connectivity index is 1.96. The molecule has 1 aliphatic rings. The molecule has 2 aromatic rings. The lowest BCUT2D eigenvalue weighted by Gasteiger charge is -2.21. The van der Waals surface area contributed by atoms with Crippen LogP contribution in [0.2, 0.25) is 0 Å². The SMILES string of the molecule is O=S(=O)(Nc1cccc2c1NCCC2)c1ccccc1. The number of hydrogen-bond donors (Lipinski definition) is 2. The zero-order chi connectivity index (χ0) is 14.0. The number of aryl methyl sites for hydroxylation is 1. The van der Waals surface area contributed by atoms with Crippen LogP contribution in [-0.2, 0) is 16.4 Å². The third-order valence-corrected chi connectivity index (χ3v) is 4.75. The molecule has 3 rings (SSSR count). The van der Waals surface area contributed by atoms with Gasteiger partial charge in [-0.2, -0.15) is 0 Å². The maximum atomic E-state index is 12.3. The van der Waals surface area contributed by atoms with E-state index in [1.807, 2.05) is 12.1 Å². The predicted molar refractivity (Wildman–Crippen MR) is 80.5 cm³/mol. The van der Waals surface area contributed by atoms with Gasteiger partial charge in [0, 0.05) is 6.54 Å². The minimum absolute atomic E-state index is 0.272. The van der Waals surface area contributed by atoms with Gasteiger partial charge in [-0.05, 0) is 36.6 Å². The molecule has 0 saturated heterocycles. The summed E-state index contributed by atoms with van der Waals surface area (Å²) in [6.45, 7) is 0.872. The third kappa shape index (κ3) is 2.49. The van der Waals surface area contributed by atoms with E-state index in [-0.39, 0.29) is 4.90 Å². The van der Waals surface area contributed by atoms with Crippen LogP contribution in [-0.4, -0.2) is 15.0 Å². The average Bonchev–Trinajstić information content (AvgIpc) is 2.48. The normalized spacial score (nSPS) is 14.2. The predicted octanol–water partition coefficient (Wildman–Crippen LogP) is 2.85. The molecule has 0 aromatic heterocycles. The molecule has 2 N–H and O–H groups in total. The molecule has 104 valence electrons. The molecule has 0 bridgehead atoms. The Morgan fingerprint density at radius 2 is 1.80 bits per heavy atom. The van der Waals surface area contributed by atoms with Crippen LogP contribution >= 0.6 is 0 Å². The molecule has 0 radical (unpaired) electrons. The first-order valence-electron chi connectivity index (χ1n) is 6.60. The monoisotopic (exact) mass is 288 g/mol. The van der Waals surface area contributed by atoms with Crippen molar-refractivity contribution >= 4 is 21.4 Å². The second-order valence-electron chi connectivity index (χ2n) is 4.79. The van der Waals surface area contributed by atoms with Gasteiger partial charge in [-0.1, -0.05) is 30.3 Å². The smallest absolute Gasteiger partial charge is 0.261 e. The van der Waals surface area contributed by atoms with Gasteiger partial charge in [-0.3, -0.25) is 4.72 Å². The number of hydrogen-bond acceptors (Lipinski definition) is 3. The Hall–Kier alpha value is -2.01. The molecule has 2 aromatic carbocycles. The first-order valence-corrected chi connectivity index (χ1v) is 8.09. The molecule has 0 atom stereocenters. The van der Waals surface area contributed by atoms with E-state index in [4.69, 9.17) is 0 Å². The second-order valence-corrected chi connectivity index (χ2v) is 6.47. The minimum Gasteiger partial charge on any atom is -0.383 e. The van der Waals surface area contributed by atoms with Crippen molar-refractivity contribution in [3.8, 4) is 0 Å². The Kier molecular flexibility index (Phi) is 3.36. The number of benzene rings is 2. The first kappa shape index (κ1) is 13.0. The highest BCUT2D eigenvalue weighted by atomic mass is 32.2. The summed E-state index contributed by atoms with van der Waals surface area (Å²) >= 11 is 0. The Labute approximate surface area is 118 Å². The molecule has 1 heterocycles. The number of rotatable bonds is 3. The lowest BCUT2D eigenvalue weighted by Crippen LogP contribution is -2.18. The van der Waals surface area contributed by atoms with E-state index < -0.39 is 10.0 Å². The van der Waals surface area contributed by atoms with Crippen molar-refractivity contribution in [2.24, 2.45) is 0 Å². The summed E-state index contributed by atoms with van der Waals surface area (Å²) in [7, 11) is -3.54. The largest absolute Gasteiger partial charge is 0.383 e. The van der Waals surface area contributed by atoms with E-state index in [0.717, 1.165) is 30.6 Å². The van der Waals surface area contributed by atoms with Crippen molar-refractivity contribution in [2.75, 3.05) is 16.6 Å². The number of sulfonamides is 1. The molecule has 1 aliphatic heterocycles. The molecular weight excluding hydrogens is 272 g/mol. The van der Waals surface area contributed by atoms with Crippen molar-refractivity contribution in [3.05, 3.63) is 54.1 Å². The topological polar surface area (TPSA) is 58.2 Å².